The predicted octanol–water partition coefficient (Wildman–Crippen LogP) is 3.91. The lowest BCUT2D eigenvalue weighted by Gasteiger charge is -2.25. The highest BCUT2D eigenvalue weighted by Crippen LogP contribution is 2.27. The maximum atomic E-state index is 4.96. The van der Waals surface area contributed by atoms with Crippen LogP contribution in [0.15, 0.2) is 24.3 Å². The molecule has 5 heteroatoms. The number of aromatic nitrogens is 2. The summed E-state index contributed by atoms with van der Waals surface area (Å²) in [5.41, 5.74) is 1.04. The maximum absolute atomic E-state index is 4.96. The van der Waals surface area contributed by atoms with Crippen molar-refractivity contribution in [2.45, 2.75) is 51.5 Å². The van der Waals surface area contributed by atoms with Crippen LogP contribution in [0.25, 0.3) is 10.9 Å². The van der Waals surface area contributed by atoms with Crippen LogP contribution in [0.3, 0.4) is 0 Å². The van der Waals surface area contributed by atoms with Crippen LogP contribution < -0.4 is 10.2 Å². The number of likely N-dealkylation sites (tertiary alicyclic amines) is 1. The van der Waals surface area contributed by atoms with Gasteiger partial charge in [0.25, 0.3) is 0 Å². The molecule has 2 saturated heterocycles. The van der Waals surface area contributed by atoms with Crippen molar-refractivity contribution >= 4 is 22.7 Å². The minimum absolute atomic E-state index is 0.608. The fourth-order valence-electron chi connectivity index (χ4n) is 4.41. The molecule has 3 heterocycles. The van der Waals surface area contributed by atoms with E-state index in [4.69, 9.17) is 9.97 Å². The van der Waals surface area contributed by atoms with E-state index in [1.165, 1.54) is 50.5 Å². The first-order chi connectivity index (χ1) is 12.8. The summed E-state index contributed by atoms with van der Waals surface area (Å²) in [7, 11) is 0. The van der Waals surface area contributed by atoms with Crippen molar-refractivity contribution in [2.24, 2.45) is 0 Å². The van der Waals surface area contributed by atoms with Gasteiger partial charge in [-0.05, 0) is 50.9 Å². The summed E-state index contributed by atoms with van der Waals surface area (Å²) in [5, 5.41) is 4.72. The highest BCUT2D eigenvalue weighted by molar-refractivity contribution is 5.90. The topological polar surface area (TPSA) is 44.3 Å². The van der Waals surface area contributed by atoms with Gasteiger partial charge in [0.2, 0.25) is 5.95 Å². The SMILES string of the molecule is CCN1CCCC1CNc1nc(N2CCCCCC2)c2ccccc2n1. The number of nitrogens with zero attached hydrogens (tertiary/aromatic N) is 4. The Kier molecular flexibility index (Phi) is 5.54. The molecule has 0 aliphatic carbocycles. The molecule has 4 rings (SSSR count). The van der Waals surface area contributed by atoms with Gasteiger partial charge in [0, 0.05) is 31.1 Å². The van der Waals surface area contributed by atoms with Gasteiger partial charge in [0.1, 0.15) is 5.82 Å². The highest BCUT2D eigenvalue weighted by atomic mass is 15.2. The Balaban J connectivity index is 1.58. The fraction of sp³-hybridized carbons (Fsp3) is 0.619. The van der Waals surface area contributed by atoms with Crippen LogP contribution in [-0.2, 0) is 0 Å². The standard InChI is InChI=1S/C21H31N5/c1-2-25-15-9-10-17(25)16-22-21-23-19-12-6-5-11-18(19)20(24-21)26-13-7-3-4-8-14-26/h5-6,11-12,17H,2-4,7-10,13-16H2,1H3,(H,22,23,24). The van der Waals surface area contributed by atoms with E-state index < -0.39 is 0 Å². The number of anilines is 2. The lowest BCUT2D eigenvalue weighted by molar-refractivity contribution is 0.277. The van der Waals surface area contributed by atoms with Gasteiger partial charge in [-0.15, -0.1) is 0 Å². The van der Waals surface area contributed by atoms with Crippen LogP contribution in [-0.4, -0.2) is 53.6 Å². The van der Waals surface area contributed by atoms with Crippen LogP contribution in [0.1, 0.15) is 45.4 Å². The third-order valence-corrected chi connectivity index (χ3v) is 5.89. The largest absolute Gasteiger partial charge is 0.356 e. The quantitative estimate of drug-likeness (QED) is 0.883. The Morgan fingerprint density at radius 3 is 2.62 bits per heavy atom. The van der Waals surface area contributed by atoms with Crippen molar-refractivity contribution in [3.8, 4) is 0 Å². The van der Waals surface area contributed by atoms with E-state index in [-0.39, 0.29) is 0 Å². The number of fused-ring (bicyclic) bond motifs is 1. The van der Waals surface area contributed by atoms with Crippen LogP contribution in [0.2, 0.25) is 0 Å². The van der Waals surface area contributed by atoms with E-state index in [2.05, 4.69) is 46.3 Å². The molecule has 0 amide bonds. The number of benzene rings is 1. The van der Waals surface area contributed by atoms with E-state index >= 15 is 0 Å². The minimum atomic E-state index is 0.608. The van der Waals surface area contributed by atoms with Crippen molar-refractivity contribution in [3.63, 3.8) is 0 Å². The van der Waals surface area contributed by atoms with Gasteiger partial charge >= 0.3 is 0 Å². The molecule has 1 aromatic carbocycles. The molecule has 1 N–H and O–H groups in total. The van der Waals surface area contributed by atoms with Crippen LogP contribution in [0.5, 0.6) is 0 Å². The lowest BCUT2D eigenvalue weighted by atomic mass is 10.2. The van der Waals surface area contributed by atoms with Crippen LogP contribution in [0.4, 0.5) is 11.8 Å². The van der Waals surface area contributed by atoms with Gasteiger partial charge in [0.15, 0.2) is 0 Å². The first kappa shape index (κ1) is 17.5. The average molecular weight is 354 g/mol. The molecule has 2 aromatic rings. The number of hydrogen-bond acceptors (Lipinski definition) is 5. The van der Waals surface area contributed by atoms with Crippen molar-refractivity contribution < 1.29 is 0 Å². The zero-order valence-electron chi connectivity index (χ0n) is 16.0. The van der Waals surface area contributed by atoms with Gasteiger partial charge in [-0.3, -0.25) is 4.90 Å². The first-order valence-corrected chi connectivity index (χ1v) is 10.3. The molecule has 1 aromatic heterocycles. The summed E-state index contributed by atoms with van der Waals surface area (Å²) in [6.07, 6.45) is 7.76. The summed E-state index contributed by atoms with van der Waals surface area (Å²) < 4.78 is 0. The maximum Gasteiger partial charge on any atom is 0.225 e. The molecule has 1 atom stereocenters. The van der Waals surface area contributed by atoms with Gasteiger partial charge in [-0.1, -0.05) is 31.9 Å². The Morgan fingerprint density at radius 1 is 1.00 bits per heavy atom. The van der Waals surface area contributed by atoms with E-state index in [0.29, 0.717) is 6.04 Å². The summed E-state index contributed by atoms with van der Waals surface area (Å²) >= 11 is 0. The van der Waals surface area contributed by atoms with Crippen molar-refractivity contribution in [3.05, 3.63) is 24.3 Å². The Morgan fingerprint density at radius 2 is 1.81 bits per heavy atom. The zero-order chi connectivity index (χ0) is 17.8. The summed E-state index contributed by atoms with van der Waals surface area (Å²) in [4.78, 5) is 14.8. The van der Waals surface area contributed by atoms with Crippen molar-refractivity contribution in [1.29, 1.82) is 0 Å². The number of likely N-dealkylation sites (N-methyl/N-ethyl adjacent to an activating group) is 1. The summed E-state index contributed by atoms with van der Waals surface area (Å²) in [6, 6.07) is 9.04. The van der Waals surface area contributed by atoms with Gasteiger partial charge in [0.05, 0.1) is 5.52 Å². The third-order valence-electron chi connectivity index (χ3n) is 5.89. The Hall–Kier alpha value is -1.88. The molecule has 1 unspecified atom stereocenters. The van der Waals surface area contributed by atoms with Crippen molar-refractivity contribution in [2.75, 3.05) is 42.9 Å². The monoisotopic (exact) mass is 353 g/mol. The molecule has 0 bridgehead atoms. The van der Waals surface area contributed by atoms with Gasteiger partial charge in [-0.2, -0.15) is 4.98 Å². The Labute approximate surface area is 156 Å². The molecule has 0 spiro atoms. The molecule has 5 nitrogen and oxygen atoms in total. The predicted molar refractivity (Wildman–Crippen MR) is 109 cm³/mol. The molecule has 2 aliphatic heterocycles. The van der Waals surface area contributed by atoms with E-state index in [9.17, 15) is 0 Å². The second-order valence-electron chi connectivity index (χ2n) is 7.59. The summed E-state index contributed by atoms with van der Waals surface area (Å²) in [6.45, 7) is 7.75. The van der Waals surface area contributed by atoms with E-state index in [1.54, 1.807) is 0 Å². The van der Waals surface area contributed by atoms with Gasteiger partial charge < -0.3 is 10.2 Å². The van der Waals surface area contributed by atoms with E-state index in [0.717, 1.165) is 43.5 Å². The number of nitrogens with one attached hydrogen (secondary N) is 1. The first-order valence-electron chi connectivity index (χ1n) is 10.3. The molecular formula is C21H31N5. The number of para-hydroxylation sites is 1. The van der Waals surface area contributed by atoms with Crippen LogP contribution >= 0.6 is 0 Å². The number of rotatable bonds is 5. The molecule has 2 fully saturated rings. The molecule has 26 heavy (non-hydrogen) atoms. The number of hydrogen-bond donors (Lipinski definition) is 1. The Bertz CT molecular complexity index is 723. The normalized spacial score (nSPS) is 21.9. The molecular weight excluding hydrogens is 322 g/mol. The second kappa shape index (κ2) is 8.21. The molecule has 140 valence electrons. The summed E-state index contributed by atoms with van der Waals surface area (Å²) in [5.74, 6) is 1.89. The minimum Gasteiger partial charge on any atom is -0.356 e. The molecule has 2 aliphatic rings. The van der Waals surface area contributed by atoms with Crippen molar-refractivity contribution in [1.82, 2.24) is 14.9 Å². The van der Waals surface area contributed by atoms with Crippen LogP contribution in [0, 0.1) is 0 Å². The highest BCUT2D eigenvalue weighted by Gasteiger charge is 2.23. The fourth-order valence-corrected chi connectivity index (χ4v) is 4.41. The lowest BCUT2D eigenvalue weighted by Crippen LogP contribution is -2.35. The molecule has 0 radical (unpaired) electrons. The van der Waals surface area contributed by atoms with E-state index in [1.807, 2.05) is 0 Å². The second-order valence-corrected chi connectivity index (χ2v) is 7.59. The smallest absolute Gasteiger partial charge is 0.225 e. The van der Waals surface area contributed by atoms with Gasteiger partial charge in [-0.25, -0.2) is 4.98 Å². The molecule has 0 saturated carbocycles. The average Bonchev–Trinajstić information content (AvgIpc) is 2.97. The third kappa shape index (κ3) is 3.78. The zero-order valence-corrected chi connectivity index (χ0v) is 16.0.